The summed E-state index contributed by atoms with van der Waals surface area (Å²) in [6.45, 7) is 7.93. The summed E-state index contributed by atoms with van der Waals surface area (Å²) < 4.78 is 47.5. The summed E-state index contributed by atoms with van der Waals surface area (Å²) in [5, 5.41) is 7.05. The van der Waals surface area contributed by atoms with Gasteiger partial charge in [-0.25, -0.2) is 0 Å². The second-order valence-electron chi connectivity index (χ2n) is 8.96. The lowest BCUT2D eigenvalue weighted by Gasteiger charge is -2.34. The fourth-order valence-corrected chi connectivity index (χ4v) is 3.99. The Labute approximate surface area is 182 Å². The Balaban J connectivity index is 1.78. The van der Waals surface area contributed by atoms with Gasteiger partial charge >= 0.3 is 6.36 Å². The number of nitrogens with one attached hydrogen (secondary N) is 2. The summed E-state index contributed by atoms with van der Waals surface area (Å²) in [6.07, 6.45) is -2.79. The lowest BCUT2D eigenvalue weighted by Crippen LogP contribution is -2.45. The Morgan fingerprint density at radius 3 is 2.55 bits per heavy atom. The fourth-order valence-electron chi connectivity index (χ4n) is 3.99. The van der Waals surface area contributed by atoms with E-state index in [1.807, 2.05) is 12.1 Å². The van der Waals surface area contributed by atoms with Gasteiger partial charge in [0.05, 0.1) is 7.11 Å². The first-order valence-corrected chi connectivity index (χ1v) is 10.6. The molecule has 1 aliphatic rings. The van der Waals surface area contributed by atoms with Crippen molar-refractivity contribution in [3.8, 4) is 11.5 Å². The highest BCUT2D eigenvalue weighted by Crippen LogP contribution is 2.31. The van der Waals surface area contributed by atoms with Gasteiger partial charge in [-0.05, 0) is 54.1 Å². The predicted molar refractivity (Wildman–Crippen MR) is 115 cm³/mol. The molecular weight excluding hydrogens is 405 g/mol. The van der Waals surface area contributed by atoms with Crippen molar-refractivity contribution in [3.63, 3.8) is 0 Å². The van der Waals surface area contributed by atoms with Crippen LogP contribution in [0.4, 0.5) is 13.2 Å². The smallest absolute Gasteiger partial charge is 0.496 e. The average molecular weight is 437 g/mol. The molecule has 170 valence electrons. The second-order valence-corrected chi connectivity index (χ2v) is 8.96. The Kier molecular flexibility index (Phi) is 7.17. The number of methoxy groups -OCH3 is 1. The monoisotopic (exact) mass is 436 g/mol. The molecule has 0 aromatic heterocycles. The minimum absolute atomic E-state index is 0.0227. The zero-order chi connectivity index (χ0) is 22.6. The van der Waals surface area contributed by atoms with Gasteiger partial charge in [-0.3, -0.25) is 0 Å². The van der Waals surface area contributed by atoms with Crippen molar-refractivity contribution in [3.05, 3.63) is 59.2 Å². The van der Waals surface area contributed by atoms with Crippen LogP contribution in [0, 0.1) is 0 Å². The zero-order valence-corrected chi connectivity index (χ0v) is 18.5. The Hall–Kier alpha value is -2.25. The van der Waals surface area contributed by atoms with Crippen LogP contribution in [0.1, 0.15) is 56.3 Å². The molecule has 1 saturated heterocycles. The van der Waals surface area contributed by atoms with Gasteiger partial charge in [0.2, 0.25) is 0 Å². The van der Waals surface area contributed by atoms with Crippen LogP contribution < -0.4 is 20.1 Å². The summed E-state index contributed by atoms with van der Waals surface area (Å²) in [7, 11) is 1.66. The van der Waals surface area contributed by atoms with E-state index in [0.29, 0.717) is 6.54 Å². The minimum Gasteiger partial charge on any atom is -0.496 e. The Morgan fingerprint density at radius 1 is 1.10 bits per heavy atom. The third kappa shape index (κ3) is 6.37. The number of benzene rings is 2. The zero-order valence-electron chi connectivity index (χ0n) is 18.5. The molecule has 4 nitrogen and oxygen atoms in total. The number of rotatable bonds is 6. The topological polar surface area (TPSA) is 42.5 Å². The first kappa shape index (κ1) is 23.4. The maximum absolute atomic E-state index is 12.6. The van der Waals surface area contributed by atoms with Crippen LogP contribution in [0.15, 0.2) is 42.5 Å². The van der Waals surface area contributed by atoms with Gasteiger partial charge in [0.1, 0.15) is 11.5 Å². The van der Waals surface area contributed by atoms with Crippen molar-refractivity contribution in [1.29, 1.82) is 0 Å². The third-order valence-electron chi connectivity index (χ3n) is 5.61. The number of ether oxygens (including phenoxy) is 2. The molecule has 1 heterocycles. The summed E-state index contributed by atoms with van der Waals surface area (Å²) >= 11 is 0. The predicted octanol–water partition coefficient (Wildman–Crippen LogP) is 5.47. The van der Waals surface area contributed by atoms with Gasteiger partial charge in [-0.2, -0.15) is 0 Å². The fraction of sp³-hybridized carbons (Fsp3) is 0.500. The number of halogens is 3. The van der Waals surface area contributed by atoms with E-state index < -0.39 is 6.36 Å². The number of alkyl halides is 3. The van der Waals surface area contributed by atoms with E-state index in [-0.39, 0.29) is 23.2 Å². The van der Waals surface area contributed by atoms with E-state index in [4.69, 9.17) is 4.74 Å². The number of hydrogen-bond acceptors (Lipinski definition) is 4. The van der Waals surface area contributed by atoms with Crippen LogP contribution in [0.25, 0.3) is 0 Å². The highest BCUT2D eigenvalue weighted by Gasteiger charge is 2.32. The molecule has 1 fully saturated rings. The van der Waals surface area contributed by atoms with Crippen molar-refractivity contribution in [1.82, 2.24) is 10.6 Å². The first-order chi connectivity index (χ1) is 14.6. The Morgan fingerprint density at radius 2 is 1.87 bits per heavy atom. The van der Waals surface area contributed by atoms with Crippen molar-refractivity contribution in [2.24, 2.45) is 0 Å². The van der Waals surface area contributed by atoms with E-state index in [0.717, 1.165) is 36.3 Å². The van der Waals surface area contributed by atoms with Gasteiger partial charge in [-0.1, -0.05) is 45.0 Å². The lowest BCUT2D eigenvalue weighted by atomic mass is 9.86. The molecular formula is C24H31F3N2O2. The van der Waals surface area contributed by atoms with Crippen molar-refractivity contribution in [2.45, 2.75) is 64.0 Å². The molecule has 0 aliphatic carbocycles. The van der Waals surface area contributed by atoms with Crippen LogP contribution in [0.3, 0.4) is 0 Å². The lowest BCUT2D eigenvalue weighted by molar-refractivity contribution is -0.274. The van der Waals surface area contributed by atoms with E-state index in [9.17, 15) is 13.2 Å². The molecule has 0 radical (unpaired) electrons. The van der Waals surface area contributed by atoms with Crippen LogP contribution in [0.5, 0.6) is 11.5 Å². The maximum atomic E-state index is 12.6. The third-order valence-corrected chi connectivity index (χ3v) is 5.61. The van der Waals surface area contributed by atoms with E-state index >= 15 is 0 Å². The minimum atomic E-state index is -4.70. The van der Waals surface area contributed by atoms with E-state index in [1.54, 1.807) is 13.2 Å². The Bertz CT molecular complexity index is 878. The molecule has 0 spiro atoms. The summed E-state index contributed by atoms with van der Waals surface area (Å²) in [4.78, 5) is 0. The highest BCUT2D eigenvalue weighted by molar-refractivity contribution is 5.40. The molecule has 1 aliphatic heterocycles. The van der Waals surface area contributed by atoms with Gasteiger partial charge < -0.3 is 20.1 Å². The normalized spacial score (nSPS) is 19.8. The number of piperidine rings is 1. The molecule has 0 unspecified atom stereocenters. The van der Waals surface area contributed by atoms with Gasteiger partial charge in [0.15, 0.2) is 0 Å². The van der Waals surface area contributed by atoms with Crippen molar-refractivity contribution in [2.75, 3.05) is 13.7 Å². The van der Waals surface area contributed by atoms with E-state index in [2.05, 4.69) is 48.3 Å². The van der Waals surface area contributed by atoms with Crippen LogP contribution in [-0.2, 0) is 12.0 Å². The molecule has 0 bridgehead atoms. The molecule has 2 aromatic carbocycles. The first-order valence-electron chi connectivity index (χ1n) is 10.6. The standard InChI is InChI=1S/C24H31F3N2O2/c1-23(2,3)18-10-11-21(30-4)17(13-18)15-29-20-9-6-12-28-22(20)16-7-5-8-19(14-16)31-24(25,26)27/h5,7-8,10-11,13-14,20,22,28-29H,6,9,12,15H2,1-4H3/t20-,22-/m0/s1. The summed E-state index contributed by atoms with van der Waals surface area (Å²) in [5.41, 5.74) is 3.08. The SMILES string of the molecule is COc1ccc(C(C)(C)C)cc1CN[C@H]1CCCN[C@H]1c1cccc(OC(F)(F)F)c1. The molecule has 2 N–H and O–H groups in total. The van der Waals surface area contributed by atoms with Gasteiger partial charge in [-0.15, -0.1) is 13.2 Å². The molecule has 7 heteroatoms. The molecule has 0 amide bonds. The molecule has 0 saturated carbocycles. The van der Waals surface area contributed by atoms with Crippen LogP contribution in [0.2, 0.25) is 0 Å². The van der Waals surface area contributed by atoms with Crippen molar-refractivity contribution >= 4 is 0 Å². The van der Waals surface area contributed by atoms with Gasteiger partial charge in [0, 0.05) is 24.2 Å². The second kappa shape index (κ2) is 9.49. The summed E-state index contributed by atoms with van der Waals surface area (Å²) in [5.74, 6) is 0.622. The molecule has 31 heavy (non-hydrogen) atoms. The summed E-state index contributed by atoms with van der Waals surface area (Å²) in [6, 6.07) is 12.4. The largest absolute Gasteiger partial charge is 0.573 e. The molecule has 2 atom stereocenters. The van der Waals surface area contributed by atoms with Crippen LogP contribution in [-0.4, -0.2) is 26.1 Å². The van der Waals surface area contributed by atoms with E-state index in [1.165, 1.54) is 17.7 Å². The van der Waals surface area contributed by atoms with Gasteiger partial charge in [0.25, 0.3) is 0 Å². The quantitative estimate of drug-likeness (QED) is 0.630. The molecule has 2 aromatic rings. The van der Waals surface area contributed by atoms with Crippen molar-refractivity contribution < 1.29 is 22.6 Å². The average Bonchev–Trinajstić information content (AvgIpc) is 2.70. The maximum Gasteiger partial charge on any atom is 0.573 e. The number of hydrogen-bond donors (Lipinski definition) is 2. The van der Waals surface area contributed by atoms with Crippen LogP contribution >= 0.6 is 0 Å². The molecule has 3 rings (SSSR count). The highest BCUT2D eigenvalue weighted by atomic mass is 19.4.